The van der Waals surface area contributed by atoms with Gasteiger partial charge in [-0.25, -0.2) is 0 Å². The first kappa shape index (κ1) is 16.8. The normalized spacial score (nSPS) is 16.2. The average Bonchev–Trinajstić information content (AvgIpc) is 3.10. The van der Waals surface area contributed by atoms with Crippen LogP contribution in [0.1, 0.15) is 12.8 Å². The molecule has 0 atom stereocenters. The van der Waals surface area contributed by atoms with Gasteiger partial charge >= 0.3 is 6.18 Å². The van der Waals surface area contributed by atoms with Crippen molar-refractivity contribution in [3.8, 4) is 0 Å². The Hall–Kier alpha value is -2.63. The zero-order chi connectivity index (χ0) is 18.1. The number of hydrogen-bond acceptors (Lipinski definition) is 3. The monoisotopic (exact) mass is 360 g/mol. The molecule has 0 saturated carbocycles. The molecule has 2 heterocycles. The summed E-state index contributed by atoms with van der Waals surface area (Å²) in [6, 6.07) is 15.6. The van der Waals surface area contributed by atoms with Crippen LogP contribution in [-0.4, -0.2) is 19.3 Å². The molecule has 1 N–H and O–H groups in total. The first-order valence-electron chi connectivity index (χ1n) is 8.65. The van der Waals surface area contributed by atoms with Crippen LogP contribution in [0.3, 0.4) is 0 Å². The molecule has 1 fully saturated rings. The van der Waals surface area contributed by atoms with Crippen molar-refractivity contribution in [3.63, 3.8) is 0 Å². The van der Waals surface area contributed by atoms with Crippen LogP contribution in [0.2, 0.25) is 0 Å². The highest BCUT2D eigenvalue weighted by molar-refractivity contribution is 5.82. The van der Waals surface area contributed by atoms with E-state index in [2.05, 4.69) is 5.32 Å². The zero-order valence-corrected chi connectivity index (χ0v) is 14.1. The standard InChI is InChI=1S/C20H19F3N2O/c21-20(22,23)15-7-10-25(11-8-15)18-5-3-16(4-6-18)24-17-2-1-14-9-12-26-19(14)13-17/h1-6,9,12-13,15,24H,7-8,10-11H2. The Balaban J connectivity index is 1.40. The lowest BCUT2D eigenvalue weighted by atomic mass is 9.96. The summed E-state index contributed by atoms with van der Waals surface area (Å²) in [5.74, 6) is -1.17. The molecular weight excluding hydrogens is 341 g/mol. The molecule has 1 saturated heterocycles. The number of hydrogen-bond donors (Lipinski definition) is 1. The number of fused-ring (bicyclic) bond motifs is 1. The molecule has 0 spiro atoms. The Labute approximate surface area is 149 Å². The van der Waals surface area contributed by atoms with Gasteiger partial charge in [0.05, 0.1) is 12.2 Å². The summed E-state index contributed by atoms with van der Waals surface area (Å²) in [7, 11) is 0. The van der Waals surface area contributed by atoms with E-state index in [1.165, 1.54) is 0 Å². The number of anilines is 3. The minimum Gasteiger partial charge on any atom is -0.464 e. The molecule has 0 amide bonds. The van der Waals surface area contributed by atoms with Crippen molar-refractivity contribution in [2.24, 2.45) is 5.92 Å². The number of halogens is 3. The van der Waals surface area contributed by atoms with Crippen LogP contribution in [-0.2, 0) is 0 Å². The third-order valence-corrected chi connectivity index (χ3v) is 4.94. The number of furan rings is 1. The SMILES string of the molecule is FC(F)(F)C1CCN(c2ccc(Nc3ccc4ccoc4c3)cc2)CC1. The van der Waals surface area contributed by atoms with Crippen LogP contribution in [0.15, 0.2) is 59.2 Å². The largest absolute Gasteiger partial charge is 0.464 e. The molecule has 136 valence electrons. The highest BCUT2D eigenvalue weighted by atomic mass is 19.4. The Bertz CT molecular complexity index is 878. The van der Waals surface area contributed by atoms with Crippen molar-refractivity contribution in [2.75, 3.05) is 23.3 Å². The number of nitrogens with one attached hydrogen (secondary N) is 1. The van der Waals surface area contributed by atoms with E-state index in [1.807, 2.05) is 53.4 Å². The molecule has 1 aromatic heterocycles. The summed E-state index contributed by atoms with van der Waals surface area (Å²) in [5.41, 5.74) is 3.62. The molecule has 1 aliphatic rings. The molecule has 0 bridgehead atoms. The second-order valence-electron chi connectivity index (χ2n) is 6.65. The van der Waals surface area contributed by atoms with Gasteiger partial charge in [0.1, 0.15) is 5.58 Å². The van der Waals surface area contributed by atoms with Crippen molar-refractivity contribution in [1.29, 1.82) is 0 Å². The van der Waals surface area contributed by atoms with E-state index < -0.39 is 12.1 Å². The highest BCUT2D eigenvalue weighted by Crippen LogP contribution is 2.35. The third-order valence-electron chi connectivity index (χ3n) is 4.94. The van der Waals surface area contributed by atoms with Crippen molar-refractivity contribution in [2.45, 2.75) is 19.0 Å². The summed E-state index contributed by atoms with van der Waals surface area (Å²) in [6.07, 6.45) is -2.10. The smallest absolute Gasteiger partial charge is 0.391 e. The second-order valence-corrected chi connectivity index (χ2v) is 6.65. The van der Waals surface area contributed by atoms with Crippen molar-refractivity contribution in [1.82, 2.24) is 0 Å². The van der Waals surface area contributed by atoms with Crippen molar-refractivity contribution < 1.29 is 17.6 Å². The van der Waals surface area contributed by atoms with E-state index in [-0.39, 0.29) is 12.8 Å². The first-order chi connectivity index (χ1) is 12.5. The van der Waals surface area contributed by atoms with Crippen LogP contribution < -0.4 is 10.2 Å². The maximum absolute atomic E-state index is 12.8. The van der Waals surface area contributed by atoms with Crippen LogP contribution >= 0.6 is 0 Å². The van der Waals surface area contributed by atoms with Crippen LogP contribution in [0.4, 0.5) is 30.2 Å². The summed E-state index contributed by atoms with van der Waals surface area (Å²) in [6.45, 7) is 0.873. The predicted molar refractivity (Wildman–Crippen MR) is 96.9 cm³/mol. The second kappa shape index (κ2) is 6.59. The maximum Gasteiger partial charge on any atom is 0.391 e. The fourth-order valence-corrected chi connectivity index (χ4v) is 3.42. The third kappa shape index (κ3) is 3.49. The lowest BCUT2D eigenvalue weighted by Gasteiger charge is -2.34. The van der Waals surface area contributed by atoms with Gasteiger partial charge in [0.25, 0.3) is 0 Å². The van der Waals surface area contributed by atoms with E-state index in [1.54, 1.807) is 6.26 Å². The Kier molecular flexibility index (Phi) is 4.26. The molecular formula is C20H19F3N2O. The fourth-order valence-electron chi connectivity index (χ4n) is 3.42. The Morgan fingerprint density at radius 2 is 1.62 bits per heavy atom. The van der Waals surface area contributed by atoms with Gasteiger partial charge in [-0.1, -0.05) is 0 Å². The quantitative estimate of drug-likeness (QED) is 0.625. The van der Waals surface area contributed by atoms with Gasteiger partial charge in [0.2, 0.25) is 0 Å². The Morgan fingerprint density at radius 1 is 0.923 bits per heavy atom. The van der Waals surface area contributed by atoms with Crippen molar-refractivity contribution >= 4 is 28.0 Å². The molecule has 0 radical (unpaired) electrons. The lowest BCUT2D eigenvalue weighted by molar-refractivity contribution is -0.179. The van der Waals surface area contributed by atoms with Gasteiger partial charge in [-0.15, -0.1) is 0 Å². The average molecular weight is 360 g/mol. The van der Waals surface area contributed by atoms with E-state index in [0.717, 1.165) is 28.0 Å². The number of alkyl halides is 3. The molecule has 6 heteroatoms. The fraction of sp³-hybridized carbons (Fsp3) is 0.300. The van der Waals surface area contributed by atoms with Crippen LogP contribution in [0.25, 0.3) is 11.0 Å². The van der Waals surface area contributed by atoms with Crippen LogP contribution in [0.5, 0.6) is 0 Å². The maximum atomic E-state index is 12.8. The van der Waals surface area contributed by atoms with Crippen molar-refractivity contribution in [3.05, 3.63) is 54.8 Å². The Morgan fingerprint density at radius 3 is 2.31 bits per heavy atom. The molecule has 0 unspecified atom stereocenters. The van der Waals surface area contributed by atoms with Gasteiger partial charge in [-0.3, -0.25) is 0 Å². The number of rotatable bonds is 3. The summed E-state index contributed by atoms with van der Waals surface area (Å²) >= 11 is 0. The minimum atomic E-state index is -4.07. The number of benzene rings is 2. The van der Waals surface area contributed by atoms with Gasteiger partial charge in [0, 0.05) is 41.6 Å². The first-order valence-corrected chi connectivity index (χ1v) is 8.65. The van der Waals surface area contributed by atoms with E-state index in [9.17, 15) is 13.2 Å². The summed E-state index contributed by atoms with van der Waals surface area (Å²) in [4.78, 5) is 2.01. The molecule has 0 aliphatic carbocycles. The number of nitrogens with zero attached hydrogens (tertiary/aromatic N) is 1. The lowest BCUT2D eigenvalue weighted by Crippen LogP contribution is -2.38. The molecule has 26 heavy (non-hydrogen) atoms. The minimum absolute atomic E-state index is 0.159. The summed E-state index contributed by atoms with van der Waals surface area (Å²) in [5, 5.41) is 4.36. The molecule has 4 rings (SSSR count). The number of piperidine rings is 1. The van der Waals surface area contributed by atoms with Gasteiger partial charge in [-0.05, 0) is 55.3 Å². The zero-order valence-electron chi connectivity index (χ0n) is 14.1. The topological polar surface area (TPSA) is 28.4 Å². The molecule has 3 aromatic rings. The van der Waals surface area contributed by atoms with E-state index >= 15 is 0 Å². The molecule has 3 nitrogen and oxygen atoms in total. The van der Waals surface area contributed by atoms with E-state index in [0.29, 0.717) is 13.1 Å². The van der Waals surface area contributed by atoms with Gasteiger partial charge in [-0.2, -0.15) is 13.2 Å². The van der Waals surface area contributed by atoms with Gasteiger partial charge < -0.3 is 14.6 Å². The van der Waals surface area contributed by atoms with E-state index in [4.69, 9.17) is 4.42 Å². The highest BCUT2D eigenvalue weighted by Gasteiger charge is 2.41. The molecule has 2 aromatic carbocycles. The van der Waals surface area contributed by atoms with Gasteiger partial charge in [0.15, 0.2) is 0 Å². The summed E-state index contributed by atoms with van der Waals surface area (Å²) < 4.78 is 43.7. The van der Waals surface area contributed by atoms with Crippen LogP contribution in [0, 0.1) is 5.92 Å². The molecule has 1 aliphatic heterocycles. The predicted octanol–water partition coefficient (Wildman–Crippen LogP) is 5.96.